The normalized spacial score (nSPS) is 15.1. The second kappa shape index (κ2) is 21.0. The highest BCUT2D eigenvalue weighted by atomic mass is 15.2. The molecule has 0 N–H and O–H groups in total. The molecular formula is C85H54BN5. The number of anilines is 6. The topological polar surface area (TPSA) is 40.1 Å². The average Bonchev–Trinajstić information content (AvgIpc) is 1.65. The molecule has 0 amide bonds. The van der Waals surface area contributed by atoms with Crippen LogP contribution < -0.4 is 26.2 Å². The smallest absolute Gasteiger partial charge is 0.252 e. The summed E-state index contributed by atoms with van der Waals surface area (Å²) in [5.41, 5.74) is 11.7. The van der Waals surface area contributed by atoms with Crippen LogP contribution in [-0.4, -0.2) is 15.8 Å². The SMILES string of the molecule is [2H]c1c([2H])c([2H])c(-c2ccc3c(c2)N(c2cc(-c4ccccc4)cc(-c4ccccc4)c2)c2cc(-n4c5c([2H])c([2H])c([2H])c([2H])c5c5c([2H])c([2H])c([2H])c([2H])c54)cc4c2B3c2ccc(-c3c([2H])c([2H])c([2H])c([2H])c3[2H])cc2N4c2ccc(C#N)c(-n3c4ccccc4c4cc(-c5ccccc5)ccc43)c2)c([2H])c1[2H]. The standard InChI is InChI=1S/C85H54BN5/c87-55-64-38-42-67(52-80(64)91-78-37-21-18-34-72(78)73-49-61(41-45-79(73)91)56-22-6-1-7-23-56)88-81-50-62(57-24-8-2-9-25-57)39-43-74(81)86-75-44-40-63(58-26-10-3-11-27-58)51-82(75)90(68-47-65(59-28-12-4-13-29-59)46-66(48-68)60-30-14-5-15-31-60)84-54-69(53-83(88)85(84)86)89-76-35-19-16-32-70(76)71-33-17-20-36-77(71)89/h1-54H/i2D,3D,8D,9D,10D,11D,16D,17D,19D,20D,24D,25D,26D,27D,32D,33D,35D,36D. The average molecular weight is 1170 g/mol. The third kappa shape index (κ3) is 8.40. The van der Waals surface area contributed by atoms with Gasteiger partial charge in [0, 0.05) is 55.7 Å². The van der Waals surface area contributed by atoms with Gasteiger partial charge in [0.25, 0.3) is 6.71 Å². The quantitative estimate of drug-likeness (QED) is 0.135. The van der Waals surface area contributed by atoms with E-state index < -0.39 is 115 Å². The van der Waals surface area contributed by atoms with Crippen molar-refractivity contribution in [1.82, 2.24) is 9.13 Å². The molecule has 0 atom stereocenters. The number of para-hydroxylation sites is 3. The van der Waals surface area contributed by atoms with Crippen molar-refractivity contribution in [2.75, 3.05) is 9.80 Å². The van der Waals surface area contributed by atoms with E-state index in [0.29, 0.717) is 56.2 Å². The highest BCUT2D eigenvalue weighted by molar-refractivity contribution is 7.00. The lowest BCUT2D eigenvalue weighted by molar-refractivity contribution is 1.15. The van der Waals surface area contributed by atoms with E-state index in [1.165, 1.54) is 4.57 Å². The summed E-state index contributed by atoms with van der Waals surface area (Å²) in [5, 5.41) is 12.9. The van der Waals surface area contributed by atoms with E-state index in [1.54, 1.807) is 48.5 Å². The van der Waals surface area contributed by atoms with Crippen molar-refractivity contribution in [3.05, 3.63) is 333 Å². The third-order valence-corrected chi connectivity index (χ3v) is 17.7. The van der Waals surface area contributed by atoms with Gasteiger partial charge >= 0.3 is 0 Å². The fourth-order valence-corrected chi connectivity index (χ4v) is 13.8. The Kier molecular flexibility index (Phi) is 8.52. The number of benzene rings is 14. The molecule has 4 heterocycles. The van der Waals surface area contributed by atoms with Crippen LogP contribution in [0.4, 0.5) is 34.1 Å². The molecule has 0 bridgehead atoms. The molecule has 5 nitrogen and oxygen atoms in total. The summed E-state index contributed by atoms with van der Waals surface area (Å²) in [6, 6.07) is 61.6. The van der Waals surface area contributed by atoms with Gasteiger partial charge in [-0.15, -0.1) is 0 Å². The number of nitrogens with zero attached hydrogens (tertiary/aromatic N) is 5. The van der Waals surface area contributed by atoms with Gasteiger partial charge in [-0.2, -0.15) is 5.26 Å². The maximum absolute atomic E-state index is 11.5. The first-order chi connectivity index (χ1) is 52.6. The molecular weight excluding hydrogens is 1100 g/mol. The van der Waals surface area contributed by atoms with E-state index in [9.17, 15) is 19.0 Å². The highest BCUT2D eigenvalue weighted by Crippen LogP contribution is 2.50. The van der Waals surface area contributed by atoms with E-state index in [-0.39, 0.29) is 55.3 Å². The summed E-state index contributed by atoms with van der Waals surface area (Å²) in [6.07, 6.45) is 0. The summed E-state index contributed by atoms with van der Waals surface area (Å²) in [5.74, 6) is 0. The van der Waals surface area contributed by atoms with Crippen molar-refractivity contribution >= 4 is 101 Å². The molecule has 2 aliphatic heterocycles. The van der Waals surface area contributed by atoms with Crippen molar-refractivity contribution in [2.24, 2.45) is 0 Å². The van der Waals surface area contributed by atoms with Crippen molar-refractivity contribution < 1.29 is 24.7 Å². The molecule has 0 fully saturated rings. The summed E-state index contributed by atoms with van der Waals surface area (Å²) in [7, 11) is 0. The summed E-state index contributed by atoms with van der Waals surface area (Å²) in [4.78, 5) is 3.94. The number of nitriles is 1. The molecule has 18 rings (SSSR count). The number of aromatic nitrogens is 2. The summed E-state index contributed by atoms with van der Waals surface area (Å²) >= 11 is 0. The number of fused-ring (bicyclic) bond motifs is 10. The molecule has 0 unspecified atom stereocenters. The van der Waals surface area contributed by atoms with Gasteiger partial charge in [0.1, 0.15) is 6.07 Å². The minimum atomic E-state index is -0.896. The zero-order valence-corrected chi connectivity index (χ0v) is 48.1. The highest BCUT2D eigenvalue weighted by Gasteiger charge is 2.44. The van der Waals surface area contributed by atoms with Gasteiger partial charge in [-0.25, -0.2) is 0 Å². The lowest BCUT2D eigenvalue weighted by atomic mass is 9.33. The predicted octanol–water partition coefficient (Wildman–Crippen LogP) is 20.2. The molecule has 2 aliphatic rings. The Bertz CT molecular complexity index is 6570. The van der Waals surface area contributed by atoms with E-state index >= 15 is 0 Å². The van der Waals surface area contributed by atoms with Crippen LogP contribution in [0.2, 0.25) is 0 Å². The third-order valence-electron chi connectivity index (χ3n) is 17.7. The van der Waals surface area contributed by atoms with Crippen molar-refractivity contribution in [1.29, 1.82) is 5.26 Å². The van der Waals surface area contributed by atoms with E-state index in [0.717, 1.165) is 55.2 Å². The zero-order valence-electron chi connectivity index (χ0n) is 66.1. The molecule has 422 valence electrons. The lowest BCUT2D eigenvalue weighted by Crippen LogP contribution is -2.61. The van der Waals surface area contributed by atoms with Gasteiger partial charge in [0.05, 0.1) is 63.7 Å². The molecule has 0 radical (unpaired) electrons. The van der Waals surface area contributed by atoms with Crippen LogP contribution in [0.5, 0.6) is 0 Å². The van der Waals surface area contributed by atoms with Crippen LogP contribution in [0.1, 0.15) is 30.2 Å². The fraction of sp³-hybridized carbons (Fsp3) is 0. The monoisotopic (exact) mass is 1170 g/mol. The molecule has 0 aliphatic carbocycles. The van der Waals surface area contributed by atoms with Crippen molar-refractivity contribution in [3.8, 4) is 73.1 Å². The molecule has 0 spiro atoms. The molecule has 6 heteroatoms. The largest absolute Gasteiger partial charge is 0.311 e. The second-order valence-electron chi connectivity index (χ2n) is 22.6. The Morgan fingerprint density at radius 1 is 0.286 bits per heavy atom. The summed E-state index contributed by atoms with van der Waals surface area (Å²) in [6.45, 7) is -0.896. The Morgan fingerprint density at radius 3 is 1.33 bits per heavy atom. The van der Waals surface area contributed by atoms with Gasteiger partial charge in [-0.05, 0) is 163 Å². The minimum absolute atomic E-state index is 0.0967. The van der Waals surface area contributed by atoms with Crippen LogP contribution in [0.25, 0.3) is 111 Å². The van der Waals surface area contributed by atoms with Gasteiger partial charge in [-0.1, -0.05) is 236 Å². The first-order valence-electron chi connectivity index (χ1n) is 38.7. The zero-order chi connectivity index (χ0) is 75.8. The van der Waals surface area contributed by atoms with Crippen molar-refractivity contribution in [3.63, 3.8) is 0 Å². The van der Waals surface area contributed by atoms with Crippen LogP contribution in [0, 0.1) is 11.3 Å². The summed E-state index contributed by atoms with van der Waals surface area (Å²) < 4.78 is 171. The van der Waals surface area contributed by atoms with Gasteiger partial charge < -0.3 is 18.9 Å². The molecule has 14 aromatic carbocycles. The van der Waals surface area contributed by atoms with E-state index in [1.807, 2.05) is 172 Å². The fourth-order valence-electron chi connectivity index (χ4n) is 13.8. The predicted molar refractivity (Wildman–Crippen MR) is 381 cm³/mol. The molecule has 0 saturated heterocycles. The molecule has 16 aromatic rings. The molecule has 0 saturated carbocycles. The van der Waals surface area contributed by atoms with Gasteiger partial charge in [0.15, 0.2) is 0 Å². The van der Waals surface area contributed by atoms with Gasteiger partial charge in [-0.3, -0.25) is 0 Å². The Morgan fingerprint density at radius 2 is 0.758 bits per heavy atom. The number of hydrogen-bond donors (Lipinski definition) is 0. The van der Waals surface area contributed by atoms with Crippen LogP contribution in [0.3, 0.4) is 0 Å². The van der Waals surface area contributed by atoms with E-state index in [2.05, 4.69) is 18.2 Å². The Labute approximate surface area is 553 Å². The number of hydrogen-bond acceptors (Lipinski definition) is 3. The first-order valence-corrected chi connectivity index (χ1v) is 29.7. The van der Waals surface area contributed by atoms with Crippen LogP contribution in [0.15, 0.2) is 327 Å². The molecule has 91 heavy (non-hydrogen) atoms. The minimum Gasteiger partial charge on any atom is -0.311 e. The Hall–Kier alpha value is -12.2. The molecule has 2 aromatic heterocycles. The van der Waals surface area contributed by atoms with Gasteiger partial charge in [0.2, 0.25) is 0 Å². The first kappa shape index (κ1) is 36.9. The maximum atomic E-state index is 11.5. The van der Waals surface area contributed by atoms with Crippen molar-refractivity contribution in [2.45, 2.75) is 0 Å². The lowest BCUT2D eigenvalue weighted by Gasteiger charge is -2.45. The van der Waals surface area contributed by atoms with Crippen LogP contribution >= 0.6 is 0 Å². The van der Waals surface area contributed by atoms with E-state index in [4.69, 9.17) is 11.0 Å². The Balaban J connectivity index is 1.03. The maximum Gasteiger partial charge on any atom is 0.252 e. The van der Waals surface area contributed by atoms with Crippen LogP contribution in [-0.2, 0) is 0 Å². The number of rotatable bonds is 9. The second-order valence-corrected chi connectivity index (χ2v) is 22.6.